The highest BCUT2D eigenvalue weighted by Crippen LogP contribution is 2.18. The van der Waals surface area contributed by atoms with Gasteiger partial charge < -0.3 is 15.0 Å². The number of hydrogen-bond donors (Lipinski definition) is 1. The molecule has 1 atom stereocenters. The van der Waals surface area contributed by atoms with Crippen LogP contribution in [-0.4, -0.2) is 34.9 Å². The lowest BCUT2D eigenvalue weighted by atomic mass is 10.1. The molecule has 6 heteroatoms. The molecule has 0 aliphatic heterocycles. The Kier molecular flexibility index (Phi) is 8.20. The number of rotatable bonds is 8. The van der Waals surface area contributed by atoms with E-state index < -0.39 is 11.6 Å². The summed E-state index contributed by atoms with van der Waals surface area (Å²) < 4.78 is 19.1. The first kappa shape index (κ1) is 24.4. The molecule has 2 rings (SSSR count). The minimum absolute atomic E-state index is 0.186. The van der Waals surface area contributed by atoms with E-state index in [1.807, 2.05) is 59.7 Å². The van der Waals surface area contributed by atoms with E-state index in [1.165, 1.54) is 17.0 Å². The molecule has 0 aromatic heterocycles. The fourth-order valence-corrected chi connectivity index (χ4v) is 3.19. The van der Waals surface area contributed by atoms with Gasteiger partial charge >= 0.3 is 0 Å². The Balaban J connectivity index is 2.23. The molecule has 1 unspecified atom stereocenters. The number of hydrogen-bond acceptors (Lipinski definition) is 3. The molecule has 0 aliphatic rings. The van der Waals surface area contributed by atoms with Crippen LogP contribution in [0, 0.1) is 19.7 Å². The van der Waals surface area contributed by atoms with Crippen LogP contribution in [-0.2, 0) is 16.1 Å². The Morgan fingerprint density at radius 2 is 1.71 bits per heavy atom. The number of amides is 2. The second-order valence-corrected chi connectivity index (χ2v) is 8.85. The Morgan fingerprint density at radius 1 is 1.06 bits per heavy atom. The standard InChI is InChI=1S/C25H33FN2O3/c1-7-22(24(30)27-25(4,5)6)28(15-19-9-11-20(26)12-10-19)23(29)16-31-21-13-8-17(2)18(3)14-21/h8-14,22H,7,15-16H2,1-6H3,(H,27,30). The summed E-state index contributed by atoms with van der Waals surface area (Å²) in [7, 11) is 0. The van der Waals surface area contributed by atoms with Crippen LogP contribution in [0.25, 0.3) is 0 Å². The van der Waals surface area contributed by atoms with E-state index in [0.29, 0.717) is 12.2 Å². The Hall–Kier alpha value is -2.89. The monoisotopic (exact) mass is 428 g/mol. The molecule has 0 aliphatic carbocycles. The van der Waals surface area contributed by atoms with Crippen molar-refractivity contribution in [2.24, 2.45) is 0 Å². The maximum Gasteiger partial charge on any atom is 0.261 e. The third-order valence-electron chi connectivity index (χ3n) is 4.99. The van der Waals surface area contributed by atoms with Crippen LogP contribution in [0.3, 0.4) is 0 Å². The number of ether oxygens (including phenoxy) is 1. The smallest absolute Gasteiger partial charge is 0.261 e. The van der Waals surface area contributed by atoms with E-state index in [4.69, 9.17) is 4.74 Å². The van der Waals surface area contributed by atoms with Crippen LogP contribution in [0.4, 0.5) is 4.39 Å². The van der Waals surface area contributed by atoms with Crippen LogP contribution >= 0.6 is 0 Å². The summed E-state index contributed by atoms with van der Waals surface area (Å²) in [6.45, 7) is 11.5. The van der Waals surface area contributed by atoms with E-state index in [0.717, 1.165) is 16.7 Å². The number of nitrogens with one attached hydrogen (secondary N) is 1. The van der Waals surface area contributed by atoms with Crippen LogP contribution in [0.1, 0.15) is 50.8 Å². The predicted octanol–water partition coefficient (Wildman–Crippen LogP) is 4.54. The van der Waals surface area contributed by atoms with Gasteiger partial charge in [-0.05, 0) is 82.0 Å². The van der Waals surface area contributed by atoms with Crippen molar-refractivity contribution in [2.45, 2.75) is 66.1 Å². The van der Waals surface area contributed by atoms with Gasteiger partial charge in [0.1, 0.15) is 17.6 Å². The van der Waals surface area contributed by atoms with Gasteiger partial charge in [0, 0.05) is 12.1 Å². The Bertz CT molecular complexity index is 904. The van der Waals surface area contributed by atoms with E-state index >= 15 is 0 Å². The van der Waals surface area contributed by atoms with E-state index in [-0.39, 0.29) is 30.8 Å². The quantitative estimate of drug-likeness (QED) is 0.671. The molecule has 1 N–H and O–H groups in total. The Morgan fingerprint density at radius 3 is 2.26 bits per heavy atom. The van der Waals surface area contributed by atoms with Gasteiger partial charge in [0.05, 0.1) is 0 Å². The number of carbonyl (C=O) groups excluding carboxylic acids is 2. The van der Waals surface area contributed by atoms with E-state index in [9.17, 15) is 14.0 Å². The van der Waals surface area contributed by atoms with Crippen molar-refractivity contribution in [1.82, 2.24) is 10.2 Å². The number of halogens is 1. The van der Waals surface area contributed by atoms with Crippen LogP contribution in [0.5, 0.6) is 5.75 Å². The summed E-state index contributed by atoms with van der Waals surface area (Å²) >= 11 is 0. The topological polar surface area (TPSA) is 58.6 Å². The summed E-state index contributed by atoms with van der Waals surface area (Å²) in [6, 6.07) is 10.9. The average Bonchev–Trinajstić information content (AvgIpc) is 2.68. The third kappa shape index (κ3) is 7.39. The molecule has 2 amide bonds. The van der Waals surface area contributed by atoms with Crippen LogP contribution in [0.15, 0.2) is 42.5 Å². The lowest BCUT2D eigenvalue weighted by Gasteiger charge is -2.33. The van der Waals surface area contributed by atoms with Gasteiger partial charge in [-0.3, -0.25) is 9.59 Å². The zero-order valence-corrected chi connectivity index (χ0v) is 19.3. The van der Waals surface area contributed by atoms with Crippen molar-refractivity contribution in [3.8, 4) is 5.75 Å². The normalized spacial score (nSPS) is 12.2. The molecule has 168 valence electrons. The second-order valence-electron chi connectivity index (χ2n) is 8.85. The van der Waals surface area contributed by atoms with Gasteiger partial charge in [0.25, 0.3) is 5.91 Å². The summed E-state index contributed by atoms with van der Waals surface area (Å²) in [6.07, 6.45) is 0.443. The summed E-state index contributed by atoms with van der Waals surface area (Å²) in [4.78, 5) is 27.6. The molecule has 0 radical (unpaired) electrons. The molecule has 0 spiro atoms. The zero-order chi connectivity index (χ0) is 23.2. The third-order valence-corrected chi connectivity index (χ3v) is 4.99. The SMILES string of the molecule is CCC(C(=O)NC(C)(C)C)N(Cc1ccc(F)cc1)C(=O)COc1ccc(C)c(C)c1. The zero-order valence-electron chi connectivity index (χ0n) is 19.3. The van der Waals surface area contributed by atoms with Gasteiger partial charge in [-0.2, -0.15) is 0 Å². The van der Waals surface area contributed by atoms with Gasteiger partial charge in [-0.15, -0.1) is 0 Å². The molecular formula is C25H33FN2O3. The lowest BCUT2D eigenvalue weighted by molar-refractivity contribution is -0.143. The molecule has 31 heavy (non-hydrogen) atoms. The molecule has 0 bridgehead atoms. The van der Waals surface area contributed by atoms with E-state index in [2.05, 4.69) is 5.32 Å². The highest BCUT2D eigenvalue weighted by atomic mass is 19.1. The first-order valence-corrected chi connectivity index (χ1v) is 10.6. The Labute approximate surface area is 184 Å². The molecule has 0 heterocycles. The molecule has 0 saturated heterocycles. The molecular weight excluding hydrogens is 395 g/mol. The summed E-state index contributed by atoms with van der Waals surface area (Å²) in [5.41, 5.74) is 2.53. The number of carbonyl (C=O) groups is 2. The second kappa shape index (κ2) is 10.4. The lowest BCUT2D eigenvalue weighted by Crippen LogP contribution is -2.54. The highest BCUT2D eigenvalue weighted by Gasteiger charge is 2.30. The number of nitrogens with zero attached hydrogens (tertiary/aromatic N) is 1. The van der Waals surface area contributed by atoms with Crippen LogP contribution < -0.4 is 10.1 Å². The molecule has 0 saturated carbocycles. The van der Waals surface area contributed by atoms with Gasteiger partial charge in [0.2, 0.25) is 5.91 Å². The minimum Gasteiger partial charge on any atom is -0.484 e. The van der Waals surface area contributed by atoms with Gasteiger partial charge in [-0.25, -0.2) is 4.39 Å². The predicted molar refractivity (Wildman–Crippen MR) is 120 cm³/mol. The maximum atomic E-state index is 13.3. The van der Waals surface area contributed by atoms with Crippen molar-refractivity contribution < 1.29 is 18.7 Å². The van der Waals surface area contributed by atoms with Crippen molar-refractivity contribution in [3.63, 3.8) is 0 Å². The highest BCUT2D eigenvalue weighted by molar-refractivity contribution is 5.88. The summed E-state index contributed by atoms with van der Waals surface area (Å²) in [5.74, 6) is -0.280. The first-order chi connectivity index (χ1) is 14.5. The summed E-state index contributed by atoms with van der Waals surface area (Å²) in [5, 5.41) is 2.95. The van der Waals surface area contributed by atoms with Crippen molar-refractivity contribution in [1.29, 1.82) is 0 Å². The fraction of sp³-hybridized carbons (Fsp3) is 0.440. The minimum atomic E-state index is -0.667. The van der Waals surface area contributed by atoms with Gasteiger partial charge in [-0.1, -0.05) is 25.1 Å². The van der Waals surface area contributed by atoms with Crippen molar-refractivity contribution in [2.75, 3.05) is 6.61 Å². The fourth-order valence-electron chi connectivity index (χ4n) is 3.19. The van der Waals surface area contributed by atoms with Crippen molar-refractivity contribution in [3.05, 3.63) is 65.0 Å². The number of benzene rings is 2. The number of aryl methyl sites for hydroxylation is 2. The van der Waals surface area contributed by atoms with Gasteiger partial charge in [0.15, 0.2) is 6.61 Å². The first-order valence-electron chi connectivity index (χ1n) is 10.6. The average molecular weight is 429 g/mol. The largest absolute Gasteiger partial charge is 0.484 e. The van der Waals surface area contributed by atoms with E-state index in [1.54, 1.807) is 12.1 Å². The van der Waals surface area contributed by atoms with Crippen molar-refractivity contribution >= 4 is 11.8 Å². The van der Waals surface area contributed by atoms with Crippen LogP contribution in [0.2, 0.25) is 0 Å². The molecule has 2 aromatic rings. The molecule has 0 fully saturated rings. The molecule has 2 aromatic carbocycles. The molecule has 5 nitrogen and oxygen atoms in total. The maximum absolute atomic E-state index is 13.3.